The first-order valence-corrected chi connectivity index (χ1v) is 8.52. The molecule has 3 rings (SSSR count). The molecule has 0 atom stereocenters. The fourth-order valence-corrected chi connectivity index (χ4v) is 3.46. The zero-order valence-corrected chi connectivity index (χ0v) is 13.1. The Bertz CT molecular complexity index is 425. The molecule has 2 fully saturated rings. The molecule has 1 aromatic heterocycles. The van der Waals surface area contributed by atoms with Gasteiger partial charge in [0.2, 0.25) is 0 Å². The van der Waals surface area contributed by atoms with Gasteiger partial charge in [-0.25, -0.2) is 0 Å². The summed E-state index contributed by atoms with van der Waals surface area (Å²) in [4.78, 5) is 0. The molecule has 1 heterocycles. The van der Waals surface area contributed by atoms with Crippen LogP contribution < -0.4 is 5.32 Å². The molecule has 0 saturated heterocycles. The van der Waals surface area contributed by atoms with Crippen LogP contribution in [0.25, 0.3) is 0 Å². The molecule has 3 nitrogen and oxygen atoms in total. The first-order valence-electron chi connectivity index (χ1n) is 8.52. The maximum absolute atomic E-state index is 4.78. The van der Waals surface area contributed by atoms with Gasteiger partial charge in [0.25, 0.3) is 0 Å². The molecule has 1 aromatic rings. The van der Waals surface area contributed by atoms with E-state index in [0.29, 0.717) is 12.0 Å². The minimum Gasteiger partial charge on any atom is -0.312 e. The lowest BCUT2D eigenvalue weighted by Crippen LogP contribution is -2.20. The number of hydrogen-bond acceptors (Lipinski definition) is 2. The van der Waals surface area contributed by atoms with E-state index in [1.807, 2.05) is 0 Å². The van der Waals surface area contributed by atoms with Crippen LogP contribution in [0.1, 0.15) is 82.0 Å². The second-order valence-corrected chi connectivity index (χ2v) is 7.09. The third kappa shape index (κ3) is 3.25. The average Bonchev–Trinajstić information content (AvgIpc) is 3.20. The Morgan fingerprint density at radius 2 is 1.95 bits per heavy atom. The van der Waals surface area contributed by atoms with Crippen LogP contribution in [0.5, 0.6) is 0 Å². The summed E-state index contributed by atoms with van der Waals surface area (Å²) in [6.45, 7) is 6.62. The molecule has 2 saturated carbocycles. The predicted molar refractivity (Wildman–Crippen MR) is 82.9 cm³/mol. The summed E-state index contributed by atoms with van der Waals surface area (Å²) in [5.41, 5.74) is 3.02. The summed E-state index contributed by atoms with van der Waals surface area (Å²) in [5.74, 6) is 1.52. The van der Waals surface area contributed by atoms with Gasteiger partial charge in [-0.05, 0) is 38.1 Å². The molecule has 2 aliphatic carbocycles. The molecule has 0 spiro atoms. The van der Waals surface area contributed by atoms with Crippen LogP contribution in [0.3, 0.4) is 0 Å². The van der Waals surface area contributed by atoms with Crippen molar-refractivity contribution in [2.24, 2.45) is 5.92 Å². The standard InChI is InChI=1S/C17H29N3/c1-13(2)10-18-11-15-12-19-20(17(15)14-8-9-14)16-6-4-3-5-7-16/h12-14,16,18H,3-11H2,1-2H3. The Morgan fingerprint density at radius 3 is 2.60 bits per heavy atom. The van der Waals surface area contributed by atoms with Crippen LogP contribution >= 0.6 is 0 Å². The molecule has 0 amide bonds. The Kier molecular flexibility index (Phi) is 4.45. The summed E-state index contributed by atoms with van der Waals surface area (Å²) < 4.78 is 2.41. The Balaban J connectivity index is 1.72. The number of hydrogen-bond donors (Lipinski definition) is 1. The van der Waals surface area contributed by atoms with Crippen molar-refractivity contribution in [1.82, 2.24) is 15.1 Å². The van der Waals surface area contributed by atoms with Gasteiger partial charge in [0.1, 0.15) is 0 Å². The number of rotatable bonds is 6. The molecule has 20 heavy (non-hydrogen) atoms. The predicted octanol–water partition coefficient (Wildman–Crippen LogP) is 4.01. The fourth-order valence-electron chi connectivity index (χ4n) is 3.46. The van der Waals surface area contributed by atoms with Crippen LogP contribution in [-0.4, -0.2) is 16.3 Å². The van der Waals surface area contributed by atoms with Crippen molar-refractivity contribution in [3.63, 3.8) is 0 Å². The highest BCUT2D eigenvalue weighted by Crippen LogP contribution is 2.43. The van der Waals surface area contributed by atoms with Crippen molar-refractivity contribution in [2.45, 2.75) is 77.3 Å². The van der Waals surface area contributed by atoms with Crippen molar-refractivity contribution >= 4 is 0 Å². The molecule has 0 bridgehead atoms. The smallest absolute Gasteiger partial charge is 0.0537 e. The highest BCUT2D eigenvalue weighted by atomic mass is 15.3. The summed E-state index contributed by atoms with van der Waals surface area (Å²) in [6, 6.07) is 0.679. The van der Waals surface area contributed by atoms with Crippen LogP contribution in [0.4, 0.5) is 0 Å². The van der Waals surface area contributed by atoms with E-state index >= 15 is 0 Å². The van der Waals surface area contributed by atoms with E-state index in [9.17, 15) is 0 Å². The van der Waals surface area contributed by atoms with Crippen molar-refractivity contribution in [3.05, 3.63) is 17.5 Å². The van der Waals surface area contributed by atoms with E-state index in [-0.39, 0.29) is 0 Å². The highest BCUT2D eigenvalue weighted by molar-refractivity contribution is 5.26. The van der Waals surface area contributed by atoms with E-state index in [1.54, 1.807) is 5.69 Å². The van der Waals surface area contributed by atoms with E-state index in [4.69, 9.17) is 5.10 Å². The zero-order chi connectivity index (χ0) is 13.9. The van der Waals surface area contributed by atoms with Crippen LogP contribution in [-0.2, 0) is 6.54 Å². The summed E-state index contributed by atoms with van der Waals surface area (Å²) in [7, 11) is 0. The summed E-state index contributed by atoms with van der Waals surface area (Å²) in [6.07, 6.45) is 11.7. The molecule has 0 aromatic carbocycles. The van der Waals surface area contributed by atoms with Gasteiger partial charge in [0.05, 0.1) is 12.2 Å². The molecule has 1 N–H and O–H groups in total. The molecule has 0 aliphatic heterocycles. The minimum absolute atomic E-state index is 0.679. The van der Waals surface area contributed by atoms with E-state index < -0.39 is 0 Å². The molecule has 112 valence electrons. The van der Waals surface area contributed by atoms with Crippen molar-refractivity contribution < 1.29 is 0 Å². The first kappa shape index (κ1) is 14.1. The molecule has 2 aliphatic rings. The SMILES string of the molecule is CC(C)CNCc1cnn(C2CCCCC2)c1C1CC1. The van der Waals surface area contributed by atoms with Crippen LogP contribution in [0, 0.1) is 5.92 Å². The normalized spacial score (nSPS) is 20.8. The molecule has 0 unspecified atom stereocenters. The van der Waals surface area contributed by atoms with E-state index in [1.165, 1.54) is 50.5 Å². The summed E-state index contributed by atoms with van der Waals surface area (Å²) >= 11 is 0. The van der Waals surface area contributed by atoms with Gasteiger partial charge in [-0.2, -0.15) is 5.10 Å². The third-order valence-corrected chi connectivity index (χ3v) is 4.67. The molecule has 3 heteroatoms. The van der Waals surface area contributed by atoms with Gasteiger partial charge >= 0.3 is 0 Å². The van der Waals surface area contributed by atoms with Crippen molar-refractivity contribution in [3.8, 4) is 0 Å². The largest absolute Gasteiger partial charge is 0.312 e. The maximum atomic E-state index is 4.78. The van der Waals surface area contributed by atoms with E-state index in [0.717, 1.165) is 19.0 Å². The second kappa shape index (κ2) is 6.30. The topological polar surface area (TPSA) is 29.9 Å². The summed E-state index contributed by atoms with van der Waals surface area (Å²) in [5, 5.41) is 8.36. The van der Waals surface area contributed by atoms with Gasteiger partial charge in [0, 0.05) is 23.7 Å². The van der Waals surface area contributed by atoms with Gasteiger partial charge in [0.15, 0.2) is 0 Å². The van der Waals surface area contributed by atoms with E-state index in [2.05, 4.69) is 30.0 Å². The lowest BCUT2D eigenvalue weighted by atomic mass is 9.95. The Hall–Kier alpha value is -0.830. The molecular formula is C17H29N3. The highest BCUT2D eigenvalue weighted by Gasteiger charge is 2.32. The van der Waals surface area contributed by atoms with Gasteiger partial charge in [-0.15, -0.1) is 0 Å². The quantitative estimate of drug-likeness (QED) is 0.850. The van der Waals surface area contributed by atoms with Crippen LogP contribution in [0.15, 0.2) is 6.20 Å². The monoisotopic (exact) mass is 275 g/mol. The van der Waals surface area contributed by atoms with Crippen LogP contribution in [0.2, 0.25) is 0 Å². The van der Waals surface area contributed by atoms with Crippen molar-refractivity contribution in [1.29, 1.82) is 0 Å². The third-order valence-electron chi connectivity index (χ3n) is 4.67. The van der Waals surface area contributed by atoms with Gasteiger partial charge in [-0.1, -0.05) is 33.1 Å². The number of nitrogens with one attached hydrogen (secondary N) is 1. The molecule has 0 radical (unpaired) electrons. The fraction of sp³-hybridized carbons (Fsp3) is 0.824. The molecular weight excluding hydrogens is 246 g/mol. The number of nitrogens with zero attached hydrogens (tertiary/aromatic N) is 2. The Labute approximate surface area is 123 Å². The zero-order valence-electron chi connectivity index (χ0n) is 13.1. The average molecular weight is 275 g/mol. The minimum atomic E-state index is 0.679. The lowest BCUT2D eigenvalue weighted by molar-refractivity contribution is 0.321. The van der Waals surface area contributed by atoms with Crippen molar-refractivity contribution in [2.75, 3.05) is 6.54 Å². The maximum Gasteiger partial charge on any atom is 0.0537 e. The first-order chi connectivity index (χ1) is 9.75. The Morgan fingerprint density at radius 1 is 1.20 bits per heavy atom. The van der Waals surface area contributed by atoms with Gasteiger partial charge < -0.3 is 5.32 Å². The van der Waals surface area contributed by atoms with Gasteiger partial charge in [-0.3, -0.25) is 4.68 Å². The second-order valence-electron chi connectivity index (χ2n) is 7.09. The lowest BCUT2D eigenvalue weighted by Gasteiger charge is -2.24. The number of aromatic nitrogens is 2.